The molecule has 0 aromatic carbocycles. The van der Waals surface area contributed by atoms with Crippen LogP contribution in [0, 0.1) is 34.5 Å². The highest BCUT2D eigenvalue weighted by Gasteiger charge is 2.54. The largest absolute Gasteiger partial charge is 0.0683 e. The van der Waals surface area contributed by atoms with Crippen LogP contribution in [0.2, 0.25) is 0 Å². The summed E-state index contributed by atoms with van der Waals surface area (Å²) >= 11 is 0. The Morgan fingerprint density at radius 2 is 1.48 bits per heavy atom. The Labute approximate surface area is 148 Å². The van der Waals surface area contributed by atoms with Gasteiger partial charge in [0.15, 0.2) is 0 Å². The monoisotopic (exact) mass is 322 g/mol. The molecule has 0 spiro atoms. The van der Waals surface area contributed by atoms with E-state index in [4.69, 9.17) is 0 Å². The highest BCUT2D eigenvalue weighted by molar-refractivity contribution is 5.03. The molecule has 0 aromatic heterocycles. The first-order valence-corrected chi connectivity index (χ1v) is 11.0. The molecule has 3 fully saturated rings. The smallest absolute Gasteiger partial charge is 0.0266 e. The molecule has 138 valence electrons. The molecule has 3 saturated carbocycles. The summed E-state index contributed by atoms with van der Waals surface area (Å²) in [5, 5.41) is 0. The van der Waals surface area contributed by atoms with Crippen molar-refractivity contribution >= 4 is 0 Å². The standard InChI is InChI=1S/C19H34.2C2H6/c1-5-18(3)13-11-17-16(14(18)2)10-9-15-8-6-7-12-19(15,17)4;2*1-2/h14-17H,5-13H2,1-4H3;2*1-2H3. The molecule has 0 heterocycles. The predicted molar refractivity (Wildman–Crippen MR) is 106 cm³/mol. The van der Waals surface area contributed by atoms with E-state index in [1.165, 1.54) is 38.5 Å². The summed E-state index contributed by atoms with van der Waals surface area (Å²) in [5.74, 6) is 4.12. The molecule has 0 aliphatic heterocycles. The van der Waals surface area contributed by atoms with Gasteiger partial charge in [-0.15, -0.1) is 0 Å². The van der Waals surface area contributed by atoms with Crippen LogP contribution in [0.1, 0.15) is 113 Å². The van der Waals surface area contributed by atoms with Crippen LogP contribution in [0.5, 0.6) is 0 Å². The fourth-order valence-corrected chi connectivity index (χ4v) is 6.35. The third-order valence-corrected chi connectivity index (χ3v) is 8.24. The summed E-state index contributed by atoms with van der Waals surface area (Å²) in [4.78, 5) is 0. The van der Waals surface area contributed by atoms with Crippen LogP contribution in [0.3, 0.4) is 0 Å². The van der Waals surface area contributed by atoms with Crippen molar-refractivity contribution in [3.8, 4) is 0 Å². The minimum atomic E-state index is 0.638. The van der Waals surface area contributed by atoms with E-state index in [2.05, 4.69) is 27.7 Å². The number of rotatable bonds is 1. The summed E-state index contributed by atoms with van der Waals surface area (Å²) in [6.07, 6.45) is 13.6. The summed E-state index contributed by atoms with van der Waals surface area (Å²) in [7, 11) is 0. The maximum absolute atomic E-state index is 2.68. The average Bonchev–Trinajstić information content (AvgIpc) is 2.61. The van der Waals surface area contributed by atoms with Crippen LogP contribution in [-0.2, 0) is 0 Å². The Hall–Kier alpha value is 0. The fourth-order valence-electron chi connectivity index (χ4n) is 6.35. The zero-order chi connectivity index (χ0) is 17.7. The lowest BCUT2D eigenvalue weighted by Crippen LogP contribution is -2.52. The third kappa shape index (κ3) is 3.82. The molecular formula is C23H46. The molecule has 0 heteroatoms. The van der Waals surface area contributed by atoms with Gasteiger partial charge < -0.3 is 0 Å². The van der Waals surface area contributed by atoms with Gasteiger partial charge in [0.05, 0.1) is 0 Å². The second-order valence-electron chi connectivity index (χ2n) is 8.63. The van der Waals surface area contributed by atoms with Crippen LogP contribution in [-0.4, -0.2) is 0 Å². The molecule has 3 aliphatic rings. The lowest BCUT2D eigenvalue weighted by atomic mass is 9.45. The normalized spacial score (nSPS) is 45.4. The van der Waals surface area contributed by atoms with E-state index in [-0.39, 0.29) is 0 Å². The fraction of sp³-hybridized carbons (Fsp3) is 1.00. The van der Waals surface area contributed by atoms with Gasteiger partial charge in [0.2, 0.25) is 0 Å². The van der Waals surface area contributed by atoms with Crippen molar-refractivity contribution < 1.29 is 0 Å². The Bertz CT molecular complexity index is 333. The molecule has 0 amide bonds. The lowest BCUT2D eigenvalue weighted by molar-refractivity contribution is -0.108. The molecule has 0 bridgehead atoms. The van der Waals surface area contributed by atoms with Gasteiger partial charge in [-0.1, -0.05) is 74.7 Å². The van der Waals surface area contributed by atoms with Gasteiger partial charge >= 0.3 is 0 Å². The molecule has 0 saturated heterocycles. The van der Waals surface area contributed by atoms with Gasteiger partial charge in [-0.05, 0) is 73.0 Å². The first-order valence-electron chi connectivity index (χ1n) is 11.0. The minimum Gasteiger partial charge on any atom is -0.0683 e. The van der Waals surface area contributed by atoms with Gasteiger partial charge in [-0.2, -0.15) is 0 Å². The number of fused-ring (bicyclic) bond motifs is 3. The Kier molecular flexibility index (Phi) is 8.15. The summed E-state index contributed by atoms with van der Waals surface area (Å²) in [6, 6.07) is 0. The van der Waals surface area contributed by atoms with Crippen LogP contribution < -0.4 is 0 Å². The molecule has 0 aromatic rings. The van der Waals surface area contributed by atoms with Crippen LogP contribution >= 0.6 is 0 Å². The summed E-state index contributed by atoms with van der Waals surface area (Å²) in [5.41, 5.74) is 1.35. The van der Waals surface area contributed by atoms with Gasteiger partial charge in [0, 0.05) is 0 Å². The van der Waals surface area contributed by atoms with Crippen molar-refractivity contribution in [2.45, 2.75) is 113 Å². The molecule has 0 nitrogen and oxygen atoms in total. The van der Waals surface area contributed by atoms with Crippen LogP contribution in [0.15, 0.2) is 0 Å². The maximum Gasteiger partial charge on any atom is -0.0266 e. The molecule has 0 radical (unpaired) electrons. The van der Waals surface area contributed by atoms with Crippen molar-refractivity contribution in [2.75, 3.05) is 0 Å². The second kappa shape index (κ2) is 8.91. The Balaban J connectivity index is 0.000000615. The molecule has 6 atom stereocenters. The van der Waals surface area contributed by atoms with E-state index in [1.54, 1.807) is 19.3 Å². The van der Waals surface area contributed by atoms with Crippen LogP contribution in [0.25, 0.3) is 0 Å². The average molecular weight is 323 g/mol. The minimum absolute atomic E-state index is 0.638. The topological polar surface area (TPSA) is 0 Å². The van der Waals surface area contributed by atoms with Crippen molar-refractivity contribution in [2.24, 2.45) is 34.5 Å². The zero-order valence-electron chi connectivity index (χ0n) is 17.7. The highest BCUT2D eigenvalue weighted by atomic mass is 14.6. The Morgan fingerprint density at radius 3 is 2.09 bits per heavy atom. The first-order chi connectivity index (χ1) is 11.0. The predicted octanol–water partition coefficient (Wildman–Crippen LogP) is 8.11. The van der Waals surface area contributed by atoms with E-state index < -0.39 is 0 Å². The van der Waals surface area contributed by atoms with Gasteiger partial charge in [-0.3, -0.25) is 0 Å². The molecule has 0 N–H and O–H groups in total. The van der Waals surface area contributed by atoms with E-state index >= 15 is 0 Å². The van der Waals surface area contributed by atoms with E-state index in [9.17, 15) is 0 Å². The SMILES string of the molecule is CC.CC.CCC1(C)CCC2C(CCC3CCCCC32C)C1C. The van der Waals surface area contributed by atoms with E-state index in [1.807, 2.05) is 27.7 Å². The molecule has 23 heavy (non-hydrogen) atoms. The third-order valence-electron chi connectivity index (χ3n) is 8.24. The Morgan fingerprint density at radius 1 is 0.826 bits per heavy atom. The van der Waals surface area contributed by atoms with Gasteiger partial charge in [0.1, 0.15) is 0 Å². The van der Waals surface area contributed by atoms with Crippen molar-refractivity contribution in [3.05, 3.63) is 0 Å². The first kappa shape index (κ1) is 21.0. The van der Waals surface area contributed by atoms with Crippen molar-refractivity contribution in [1.82, 2.24) is 0 Å². The van der Waals surface area contributed by atoms with Gasteiger partial charge in [0.25, 0.3) is 0 Å². The van der Waals surface area contributed by atoms with Crippen molar-refractivity contribution in [3.63, 3.8) is 0 Å². The lowest BCUT2D eigenvalue weighted by Gasteiger charge is -2.60. The quantitative estimate of drug-likeness (QED) is 0.457. The summed E-state index contributed by atoms with van der Waals surface area (Å²) < 4.78 is 0. The molecule has 3 aliphatic carbocycles. The van der Waals surface area contributed by atoms with Gasteiger partial charge in [-0.25, -0.2) is 0 Å². The van der Waals surface area contributed by atoms with E-state index in [0.29, 0.717) is 10.8 Å². The zero-order valence-corrected chi connectivity index (χ0v) is 17.7. The maximum atomic E-state index is 2.68. The van der Waals surface area contributed by atoms with E-state index in [0.717, 1.165) is 23.7 Å². The summed E-state index contributed by atoms with van der Waals surface area (Å²) in [6.45, 7) is 18.3. The van der Waals surface area contributed by atoms with Crippen molar-refractivity contribution in [1.29, 1.82) is 0 Å². The number of hydrogen-bond donors (Lipinski definition) is 0. The number of hydrogen-bond acceptors (Lipinski definition) is 0. The molecule has 6 unspecified atom stereocenters. The highest BCUT2D eigenvalue weighted by Crippen LogP contribution is 2.63. The molecular weight excluding hydrogens is 276 g/mol. The molecule has 3 rings (SSSR count). The second-order valence-corrected chi connectivity index (χ2v) is 8.63. The van der Waals surface area contributed by atoms with Crippen LogP contribution in [0.4, 0.5) is 0 Å².